The van der Waals surface area contributed by atoms with E-state index in [0.717, 1.165) is 54.6 Å². The molecule has 0 atom stereocenters. The molecule has 3 aliphatic carbocycles. The van der Waals surface area contributed by atoms with Gasteiger partial charge in [0.1, 0.15) is 5.82 Å². The summed E-state index contributed by atoms with van der Waals surface area (Å²) >= 11 is 6.52. The van der Waals surface area contributed by atoms with E-state index in [1.54, 1.807) is 0 Å². The van der Waals surface area contributed by atoms with Crippen LogP contribution in [0.2, 0.25) is 5.02 Å². The largest absolute Gasteiger partial charge is 0.205 e. The molecule has 4 rings (SSSR count). The fourth-order valence-electron chi connectivity index (χ4n) is 6.47. The second-order valence-electron chi connectivity index (χ2n) is 9.99. The third-order valence-corrected chi connectivity index (χ3v) is 8.59. The van der Waals surface area contributed by atoms with Crippen molar-refractivity contribution in [3.8, 4) is 0 Å². The normalized spacial score (nSPS) is 30.8. The van der Waals surface area contributed by atoms with Crippen molar-refractivity contribution in [3.63, 3.8) is 0 Å². The monoisotopic (exact) mass is 416 g/mol. The van der Waals surface area contributed by atoms with Crippen LogP contribution in [0.25, 0.3) is 5.57 Å². The van der Waals surface area contributed by atoms with Crippen LogP contribution in [-0.4, -0.2) is 0 Å². The zero-order valence-corrected chi connectivity index (χ0v) is 19.0. The van der Waals surface area contributed by atoms with Crippen LogP contribution in [-0.2, 0) is 0 Å². The first-order valence-electron chi connectivity index (χ1n) is 12.3. The Kier molecular flexibility index (Phi) is 7.38. The number of allylic oxidation sites excluding steroid dienone is 2. The molecule has 0 aliphatic heterocycles. The van der Waals surface area contributed by atoms with Crippen LogP contribution in [0.3, 0.4) is 0 Å². The highest BCUT2D eigenvalue weighted by atomic mass is 35.5. The van der Waals surface area contributed by atoms with Gasteiger partial charge in [-0.3, -0.25) is 0 Å². The first-order valence-corrected chi connectivity index (χ1v) is 12.7. The van der Waals surface area contributed by atoms with Crippen molar-refractivity contribution in [3.05, 3.63) is 40.2 Å². The summed E-state index contributed by atoms with van der Waals surface area (Å²) in [7, 11) is 0. The van der Waals surface area contributed by atoms with E-state index in [-0.39, 0.29) is 5.82 Å². The Labute approximate surface area is 182 Å². The maximum absolute atomic E-state index is 15.2. The molecule has 160 valence electrons. The Bertz CT molecular complexity index is 705. The van der Waals surface area contributed by atoms with Gasteiger partial charge in [0, 0.05) is 0 Å². The average molecular weight is 417 g/mol. The summed E-state index contributed by atoms with van der Waals surface area (Å²) in [5, 5.41) is 0.368. The molecule has 1 aromatic rings. The van der Waals surface area contributed by atoms with Crippen LogP contribution in [0, 0.1) is 23.6 Å². The van der Waals surface area contributed by atoms with E-state index in [4.69, 9.17) is 11.6 Å². The molecule has 29 heavy (non-hydrogen) atoms. The smallest absolute Gasteiger partial charge is 0.145 e. The molecule has 0 nitrogen and oxygen atoms in total. The second kappa shape index (κ2) is 9.99. The molecule has 2 heteroatoms. The topological polar surface area (TPSA) is 0 Å². The Balaban J connectivity index is 1.36. The highest BCUT2D eigenvalue weighted by Gasteiger charge is 2.32. The van der Waals surface area contributed by atoms with Crippen molar-refractivity contribution >= 4 is 17.2 Å². The molecule has 2 saturated carbocycles. The van der Waals surface area contributed by atoms with Crippen LogP contribution in [0.1, 0.15) is 114 Å². The molecule has 0 aromatic heterocycles. The molecule has 0 amide bonds. The maximum atomic E-state index is 15.2. The summed E-state index contributed by atoms with van der Waals surface area (Å²) in [5.74, 6) is 3.01. The molecule has 3 aliphatic rings. The van der Waals surface area contributed by atoms with Gasteiger partial charge in [-0.05, 0) is 105 Å². The molecule has 0 unspecified atom stereocenters. The quantitative estimate of drug-likeness (QED) is 0.448. The van der Waals surface area contributed by atoms with Gasteiger partial charge in [0.15, 0.2) is 0 Å². The van der Waals surface area contributed by atoms with Crippen molar-refractivity contribution in [2.75, 3.05) is 0 Å². The van der Waals surface area contributed by atoms with Gasteiger partial charge in [0.25, 0.3) is 0 Å². The Hall–Kier alpha value is -0.820. The molecule has 0 N–H and O–H groups in total. The predicted octanol–water partition coefficient (Wildman–Crippen LogP) is 9.32. The number of rotatable bonds is 5. The van der Waals surface area contributed by atoms with Gasteiger partial charge in [-0.2, -0.15) is 0 Å². The van der Waals surface area contributed by atoms with Gasteiger partial charge in [-0.1, -0.05) is 62.4 Å². The molecule has 2 fully saturated rings. The maximum Gasteiger partial charge on any atom is 0.145 e. The Morgan fingerprint density at radius 2 is 1.62 bits per heavy atom. The lowest BCUT2D eigenvalue weighted by Crippen LogP contribution is -2.25. The van der Waals surface area contributed by atoms with E-state index < -0.39 is 0 Å². The minimum atomic E-state index is -0.140. The zero-order chi connectivity index (χ0) is 20.2. The molecule has 1 aromatic carbocycles. The van der Waals surface area contributed by atoms with Gasteiger partial charge in [-0.15, -0.1) is 0 Å². The van der Waals surface area contributed by atoms with E-state index in [0.29, 0.717) is 10.9 Å². The first kappa shape index (κ1) is 21.4. The van der Waals surface area contributed by atoms with Crippen LogP contribution in [0.15, 0.2) is 18.2 Å². The summed E-state index contributed by atoms with van der Waals surface area (Å²) in [6, 6.07) is 4.14. The van der Waals surface area contributed by atoms with Gasteiger partial charge < -0.3 is 0 Å². The van der Waals surface area contributed by atoms with Gasteiger partial charge in [0.05, 0.1) is 5.02 Å². The minimum Gasteiger partial charge on any atom is -0.205 e. The standard InChI is InChI=1S/C27H38ClF/c1-2-6-19-9-11-20(12-10-19)21-13-15-23(16-14-21)25-18-17-24(26(28)27(25)29)22-7-4-3-5-8-22/h7,17-21,23H,2-6,8-16H2,1H3. The fraction of sp³-hybridized carbons (Fsp3) is 0.704. The van der Waals surface area contributed by atoms with E-state index in [9.17, 15) is 0 Å². The molecule has 0 spiro atoms. The third kappa shape index (κ3) is 4.92. The molecule has 0 bridgehead atoms. The third-order valence-electron chi connectivity index (χ3n) is 8.22. The summed E-state index contributed by atoms with van der Waals surface area (Å²) in [6.45, 7) is 2.32. The van der Waals surface area contributed by atoms with Gasteiger partial charge >= 0.3 is 0 Å². The average Bonchev–Trinajstić information content (AvgIpc) is 2.77. The van der Waals surface area contributed by atoms with Gasteiger partial charge in [-0.25, -0.2) is 4.39 Å². The minimum absolute atomic E-state index is 0.140. The summed E-state index contributed by atoms with van der Waals surface area (Å²) < 4.78 is 15.2. The number of hydrogen-bond donors (Lipinski definition) is 0. The van der Waals surface area contributed by atoms with Crippen molar-refractivity contribution in [1.82, 2.24) is 0 Å². The Morgan fingerprint density at radius 3 is 2.24 bits per heavy atom. The van der Waals surface area contributed by atoms with Crippen LogP contribution in [0.4, 0.5) is 4.39 Å². The van der Waals surface area contributed by atoms with Crippen LogP contribution in [0.5, 0.6) is 0 Å². The highest BCUT2D eigenvalue weighted by Crippen LogP contribution is 2.46. The SMILES string of the molecule is CCCC1CCC(C2CCC(c3ccc(C4=CCCCC4)c(Cl)c3F)CC2)CC1. The Morgan fingerprint density at radius 1 is 0.931 bits per heavy atom. The summed E-state index contributed by atoms with van der Waals surface area (Å²) in [6.07, 6.45) is 20.2. The summed E-state index contributed by atoms with van der Waals surface area (Å²) in [5.41, 5.74) is 3.06. The molecule has 0 heterocycles. The highest BCUT2D eigenvalue weighted by molar-refractivity contribution is 6.32. The van der Waals surface area contributed by atoms with E-state index in [1.165, 1.54) is 69.8 Å². The number of halogens is 2. The lowest BCUT2D eigenvalue weighted by Gasteiger charge is -2.38. The van der Waals surface area contributed by atoms with Crippen molar-refractivity contribution < 1.29 is 4.39 Å². The fourth-order valence-corrected chi connectivity index (χ4v) is 6.76. The summed E-state index contributed by atoms with van der Waals surface area (Å²) in [4.78, 5) is 0. The molecule has 0 saturated heterocycles. The van der Waals surface area contributed by atoms with Crippen molar-refractivity contribution in [1.29, 1.82) is 0 Å². The van der Waals surface area contributed by atoms with E-state index in [1.807, 2.05) is 6.07 Å². The number of hydrogen-bond acceptors (Lipinski definition) is 0. The van der Waals surface area contributed by atoms with E-state index >= 15 is 4.39 Å². The van der Waals surface area contributed by atoms with Crippen LogP contribution >= 0.6 is 11.6 Å². The van der Waals surface area contributed by atoms with Crippen molar-refractivity contribution in [2.24, 2.45) is 17.8 Å². The van der Waals surface area contributed by atoms with E-state index in [2.05, 4.69) is 19.1 Å². The molecular weight excluding hydrogens is 379 g/mol. The zero-order valence-electron chi connectivity index (χ0n) is 18.2. The molecule has 0 radical (unpaired) electrons. The first-order chi connectivity index (χ1) is 14.2. The predicted molar refractivity (Wildman–Crippen MR) is 123 cm³/mol. The van der Waals surface area contributed by atoms with Gasteiger partial charge in [0.2, 0.25) is 0 Å². The second-order valence-corrected chi connectivity index (χ2v) is 10.4. The lowest BCUT2D eigenvalue weighted by molar-refractivity contribution is 0.156. The van der Waals surface area contributed by atoms with Crippen LogP contribution < -0.4 is 0 Å². The van der Waals surface area contributed by atoms with Crippen molar-refractivity contribution in [2.45, 2.75) is 103 Å². The molecular formula is C27H38ClF. The number of benzene rings is 1. The lowest BCUT2D eigenvalue weighted by atomic mass is 9.68.